The van der Waals surface area contributed by atoms with E-state index in [1.807, 2.05) is 19.1 Å². The molecule has 0 saturated carbocycles. The summed E-state index contributed by atoms with van der Waals surface area (Å²) >= 11 is 0. The molecular weight excluding hydrogens is 345 g/mol. The molecule has 1 aromatic rings. The van der Waals surface area contributed by atoms with E-state index >= 15 is 0 Å². The molecule has 0 aromatic carbocycles. The Bertz CT molecular complexity index is 315. The predicted octanol–water partition coefficient (Wildman–Crippen LogP) is 1.99. The lowest BCUT2D eigenvalue weighted by molar-refractivity contribution is 0.105. The minimum atomic E-state index is 0. The van der Waals surface area contributed by atoms with E-state index in [4.69, 9.17) is 9.15 Å². The Kier molecular flexibility index (Phi) is 10.9. The zero-order valence-corrected chi connectivity index (χ0v) is 13.3. The number of rotatable bonds is 7. The number of nitrogens with zero attached hydrogens (tertiary/aromatic N) is 1. The second kappa shape index (κ2) is 11.3. The smallest absolute Gasteiger partial charge is 0.190 e. The summed E-state index contributed by atoms with van der Waals surface area (Å²) in [6.07, 6.45) is 2.59. The summed E-state index contributed by atoms with van der Waals surface area (Å²) in [7, 11) is 1.76. The first-order valence-corrected chi connectivity index (χ1v) is 5.91. The molecule has 0 aliphatic heterocycles. The fourth-order valence-corrected chi connectivity index (χ4v) is 1.34. The maximum Gasteiger partial charge on any atom is 0.190 e. The van der Waals surface area contributed by atoms with Crippen molar-refractivity contribution in [1.82, 2.24) is 10.6 Å². The maximum atomic E-state index is 5.46. The average Bonchev–Trinajstić information content (AvgIpc) is 2.85. The van der Waals surface area contributed by atoms with Crippen LogP contribution in [0.25, 0.3) is 0 Å². The Balaban J connectivity index is 0.00000289. The van der Waals surface area contributed by atoms with E-state index in [-0.39, 0.29) is 24.0 Å². The Hall–Kier alpha value is -0.760. The Labute approximate surface area is 125 Å². The number of hydrogen-bond acceptors (Lipinski definition) is 3. The van der Waals surface area contributed by atoms with E-state index in [1.165, 1.54) is 0 Å². The third kappa shape index (κ3) is 7.54. The third-order valence-corrected chi connectivity index (χ3v) is 2.15. The molecular formula is C12H22IN3O2. The minimum Gasteiger partial charge on any atom is -0.467 e. The standard InChI is InChI=1S/C12H21N3O2.HI/c1-3-14-12(13-2)15-7-5-8-16-10-11-6-4-9-17-11;/h4,6,9H,3,5,7-8,10H2,1-2H3,(H2,13,14,15);1H. The SMILES string of the molecule is CCNC(=NC)NCCCOCc1ccco1.I. The van der Waals surface area contributed by atoms with Gasteiger partial charge in [0.05, 0.1) is 6.26 Å². The summed E-state index contributed by atoms with van der Waals surface area (Å²) in [6.45, 7) is 5.00. The molecule has 1 aromatic heterocycles. The van der Waals surface area contributed by atoms with Crippen LogP contribution in [-0.4, -0.2) is 32.7 Å². The molecule has 0 fully saturated rings. The fraction of sp³-hybridized carbons (Fsp3) is 0.583. The van der Waals surface area contributed by atoms with Crippen LogP contribution in [0, 0.1) is 0 Å². The molecule has 1 rings (SSSR count). The van der Waals surface area contributed by atoms with Crippen molar-refractivity contribution in [3.8, 4) is 0 Å². The van der Waals surface area contributed by atoms with Crippen molar-refractivity contribution in [3.63, 3.8) is 0 Å². The van der Waals surface area contributed by atoms with Crippen molar-refractivity contribution in [3.05, 3.63) is 24.2 Å². The van der Waals surface area contributed by atoms with Gasteiger partial charge < -0.3 is 19.8 Å². The highest BCUT2D eigenvalue weighted by atomic mass is 127. The number of aliphatic imine (C=N–C) groups is 1. The molecule has 0 unspecified atom stereocenters. The van der Waals surface area contributed by atoms with Gasteiger partial charge in [-0.05, 0) is 25.5 Å². The lowest BCUT2D eigenvalue weighted by Crippen LogP contribution is -2.37. The molecule has 18 heavy (non-hydrogen) atoms. The number of nitrogens with one attached hydrogen (secondary N) is 2. The van der Waals surface area contributed by atoms with Gasteiger partial charge in [-0.25, -0.2) is 0 Å². The summed E-state index contributed by atoms with van der Waals surface area (Å²) < 4.78 is 10.6. The first kappa shape index (κ1) is 17.2. The number of guanidine groups is 1. The van der Waals surface area contributed by atoms with Gasteiger partial charge in [0, 0.05) is 26.7 Å². The van der Waals surface area contributed by atoms with Gasteiger partial charge in [0.25, 0.3) is 0 Å². The lowest BCUT2D eigenvalue weighted by atomic mass is 10.4. The van der Waals surface area contributed by atoms with Gasteiger partial charge in [-0.15, -0.1) is 24.0 Å². The van der Waals surface area contributed by atoms with Crippen LogP contribution in [0.2, 0.25) is 0 Å². The highest BCUT2D eigenvalue weighted by Gasteiger charge is 1.96. The van der Waals surface area contributed by atoms with Crippen molar-refractivity contribution in [1.29, 1.82) is 0 Å². The highest BCUT2D eigenvalue weighted by molar-refractivity contribution is 14.0. The van der Waals surface area contributed by atoms with Crippen LogP contribution < -0.4 is 10.6 Å². The van der Waals surface area contributed by atoms with E-state index in [1.54, 1.807) is 13.3 Å². The third-order valence-electron chi connectivity index (χ3n) is 2.15. The molecule has 6 heteroatoms. The van der Waals surface area contributed by atoms with Crippen molar-refractivity contribution in [2.45, 2.75) is 20.0 Å². The fourth-order valence-electron chi connectivity index (χ4n) is 1.34. The number of furan rings is 1. The molecule has 2 N–H and O–H groups in total. The van der Waals surface area contributed by atoms with Crippen LogP contribution in [-0.2, 0) is 11.3 Å². The van der Waals surface area contributed by atoms with Gasteiger partial charge in [-0.2, -0.15) is 0 Å². The van der Waals surface area contributed by atoms with Crippen LogP contribution in [0.4, 0.5) is 0 Å². The summed E-state index contributed by atoms with van der Waals surface area (Å²) in [5.41, 5.74) is 0. The lowest BCUT2D eigenvalue weighted by Gasteiger charge is -2.09. The zero-order chi connectivity index (χ0) is 12.3. The first-order chi connectivity index (χ1) is 8.36. The summed E-state index contributed by atoms with van der Waals surface area (Å²) in [5, 5.41) is 6.33. The van der Waals surface area contributed by atoms with Gasteiger partial charge in [0.1, 0.15) is 12.4 Å². The van der Waals surface area contributed by atoms with Crippen molar-refractivity contribution in [2.75, 3.05) is 26.7 Å². The molecule has 0 radical (unpaired) electrons. The highest BCUT2D eigenvalue weighted by Crippen LogP contribution is 2.01. The monoisotopic (exact) mass is 367 g/mol. The van der Waals surface area contributed by atoms with E-state index in [0.29, 0.717) is 13.2 Å². The molecule has 0 atom stereocenters. The minimum absolute atomic E-state index is 0. The topological polar surface area (TPSA) is 58.8 Å². The van der Waals surface area contributed by atoms with Gasteiger partial charge in [-0.3, -0.25) is 4.99 Å². The van der Waals surface area contributed by atoms with Crippen LogP contribution in [0.1, 0.15) is 19.1 Å². The second-order valence-electron chi connectivity index (χ2n) is 3.51. The second-order valence-corrected chi connectivity index (χ2v) is 3.51. The average molecular weight is 367 g/mol. The van der Waals surface area contributed by atoms with Crippen molar-refractivity contribution in [2.24, 2.45) is 4.99 Å². The van der Waals surface area contributed by atoms with E-state index in [0.717, 1.165) is 31.2 Å². The van der Waals surface area contributed by atoms with Crippen molar-refractivity contribution >= 4 is 29.9 Å². The Morgan fingerprint density at radius 3 is 2.89 bits per heavy atom. The Morgan fingerprint density at radius 1 is 1.44 bits per heavy atom. The summed E-state index contributed by atoms with van der Waals surface area (Å²) in [5.74, 6) is 1.69. The van der Waals surface area contributed by atoms with Crippen molar-refractivity contribution < 1.29 is 9.15 Å². The normalized spacial score (nSPS) is 10.9. The molecule has 0 aliphatic rings. The van der Waals surface area contributed by atoms with Crippen LogP contribution in [0.15, 0.2) is 27.8 Å². The number of hydrogen-bond donors (Lipinski definition) is 2. The molecule has 5 nitrogen and oxygen atoms in total. The Morgan fingerprint density at radius 2 is 2.28 bits per heavy atom. The molecule has 0 spiro atoms. The van der Waals surface area contributed by atoms with Crippen LogP contribution >= 0.6 is 24.0 Å². The van der Waals surface area contributed by atoms with Gasteiger partial charge >= 0.3 is 0 Å². The van der Waals surface area contributed by atoms with E-state index in [2.05, 4.69) is 15.6 Å². The molecule has 1 heterocycles. The zero-order valence-electron chi connectivity index (χ0n) is 10.9. The van der Waals surface area contributed by atoms with Crippen LogP contribution in [0.5, 0.6) is 0 Å². The molecule has 0 saturated heterocycles. The summed E-state index contributed by atoms with van der Waals surface area (Å²) in [6, 6.07) is 3.77. The van der Waals surface area contributed by atoms with E-state index < -0.39 is 0 Å². The molecule has 0 aliphatic carbocycles. The molecule has 0 amide bonds. The predicted molar refractivity (Wildman–Crippen MR) is 83.4 cm³/mol. The van der Waals surface area contributed by atoms with Gasteiger partial charge in [-0.1, -0.05) is 0 Å². The quantitative estimate of drug-likeness (QED) is 0.335. The van der Waals surface area contributed by atoms with Gasteiger partial charge in [0.2, 0.25) is 0 Å². The largest absolute Gasteiger partial charge is 0.467 e. The summed E-state index contributed by atoms with van der Waals surface area (Å²) in [4.78, 5) is 4.07. The number of ether oxygens (including phenoxy) is 1. The van der Waals surface area contributed by atoms with Crippen LogP contribution in [0.3, 0.4) is 0 Å². The number of halogens is 1. The molecule has 0 bridgehead atoms. The molecule has 104 valence electrons. The van der Waals surface area contributed by atoms with E-state index in [9.17, 15) is 0 Å². The first-order valence-electron chi connectivity index (χ1n) is 5.91. The maximum absolute atomic E-state index is 5.46. The van der Waals surface area contributed by atoms with Gasteiger partial charge in [0.15, 0.2) is 5.96 Å².